The first kappa shape index (κ1) is 12.0. The third kappa shape index (κ3) is 2.24. The van der Waals surface area contributed by atoms with Crippen molar-refractivity contribution >= 4 is 5.82 Å². The van der Waals surface area contributed by atoms with Gasteiger partial charge in [-0.15, -0.1) is 0 Å². The van der Waals surface area contributed by atoms with Crippen molar-refractivity contribution in [3.63, 3.8) is 0 Å². The third-order valence-corrected chi connectivity index (χ3v) is 4.57. The summed E-state index contributed by atoms with van der Waals surface area (Å²) in [5, 5.41) is 13.0. The van der Waals surface area contributed by atoms with Gasteiger partial charge in [0.15, 0.2) is 0 Å². The van der Waals surface area contributed by atoms with Crippen LogP contribution in [-0.2, 0) is 12.8 Å². The van der Waals surface area contributed by atoms with Crippen LogP contribution in [0.4, 0.5) is 5.82 Å². The first-order valence-corrected chi connectivity index (χ1v) is 7.15. The minimum Gasteiger partial charge on any atom is -0.396 e. The minimum absolute atomic E-state index is 0.0979. The fourth-order valence-corrected chi connectivity index (χ4v) is 3.31. The molecule has 3 rings (SSSR count). The fourth-order valence-electron chi connectivity index (χ4n) is 3.31. The summed E-state index contributed by atoms with van der Waals surface area (Å²) in [6.07, 6.45) is 8.33. The van der Waals surface area contributed by atoms with Crippen molar-refractivity contribution in [1.29, 1.82) is 0 Å². The second kappa shape index (κ2) is 4.88. The molecule has 1 fully saturated rings. The second-order valence-corrected chi connectivity index (χ2v) is 5.87. The number of nitrogens with one attached hydrogen (secondary N) is 1. The number of aliphatic hydroxyl groups excluding tert-OH is 1. The summed E-state index contributed by atoms with van der Waals surface area (Å²) in [6.45, 7) is 1.15. The molecule has 0 amide bonds. The van der Waals surface area contributed by atoms with Gasteiger partial charge < -0.3 is 10.4 Å². The van der Waals surface area contributed by atoms with Gasteiger partial charge in [-0.2, -0.15) is 0 Å². The van der Waals surface area contributed by atoms with Gasteiger partial charge in [0.2, 0.25) is 0 Å². The van der Waals surface area contributed by atoms with Crippen LogP contribution in [0.3, 0.4) is 0 Å². The highest BCUT2D eigenvalue weighted by molar-refractivity contribution is 5.40. The quantitative estimate of drug-likeness (QED) is 0.858. The number of anilines is 1. The standard InChI is InChI=1S/C15H22N2O/c18-11-15(8-1-2-9-15)10-16-14-7-6-12-4-3-5-13(12)17-14/h6-7,18H,1-5,8-11H2,(H,16,17). The smallest absolute Gasteiger partial charge is 0.126 e. The molecule has 1 aromatic rings. The molecule has 98 valence electrons. The lowest BCUT2D eigenvalue weighted by atomic mass is 9.87. The monoisotopic (exact) mass is 246 g/mol. The van der Waals surface area contributed by atoms with Crippen LogP contribution in [0.25, 0.3) is 0 Å². The van der Waals surface area contributed by atoms with E-state index in [1.807, 2.05) is 0 Å². The van der Waals surface area contributed by atoms with E-state index in [9.17, 15) is 5.11 Å². The number of hydrogen-bond donors (Lipinski definition) is 2. The topological polar surface area (TPSA) is 45.1 Å². The van der Waals surface area contributed by atoms with Gasteiger partial charge in [-0.25, -0.2) is 4.98 Å². The van der Waals surface area contributed by atoms with Gasteiger partial charge in [0, 0.05) is 17.7 Å². The Morgan fingerprint density at radius 2 is 2.00 bits per heavy atom. The molecule has 2 N–H and O–H groups in total. The molecule has 0 bridgehead atoms. The van der Waals surface area contributed by atoms with Gasteiger partial charge in [0.1, 0.15) is 5.82 Å². The zero-order chi connectivity index (χ0) is 12.4. The van der Waals surface area contributed by atoms with E-state index in [1.165, 1.54) is 36.9 Å². The van der Waals surface area contributed by atoms with E-state index in [-0.39, 0.29) is 5.41 Å². The maximum atomic E-state index is 9.59. The van der Waals surface area contributed by atoms with Crippen LogP contribution in [-0.4, -0.2) is 23.2 Å². The summed E-state index contributed by atoms with van der Waals surface area (Å²) < 4.78 is 0. The number of aromatic nitrogens is 1. The predicted molar refractivity (Wildman–Crippen MR) is 72.7 cm³/mol. The molecule has 0 atom stereocenters. The molecule has 0 saturated heterocycles. The number of hydrogen-bond acceptors (Lipinski definition) is 3. The molecule has 0 aliphatic heterocycles. The van der Waals surface area contributed by atoms with Crippen LogP contribution in [0.1, 0.15) is 43.4 Å². The molecule has 2 aliphatic rings. The maximum absolute atomic E-state index is 9.59. The third-order valence-electron chi connectivity index (χ3n) is 4.57. The van der Waals surface area contributed by atoms with E-state index in [4.69, 9.17) is 0 Å². The Balaban J connectivity index is 1.66. The summed E-state index contributed by atoms with van der Waals surface area (Å²) >= 11 is 0. The molecule has 1 aromatic heterocycles. The lowest BCUT2D eigenvalue weighted by Crippen LogP contribution is -2.30. The number of rotatable bonds is 4. The Morgan fingerprint density at radius 3 is 2.78 bits per heavy atom. The Kier molecular flexibility index (Phi) is 3.25. The van der Waals surface area contributed by atoms with Gasteiger partial charge in [0.25, 0.3) is 0 Å². The largest absolute Gasteiger partial charge is 0.396 e. The maximum Gasteiger partial charge on any atom is 0.126 e. The number of fused-ring (bicyclic) bond motifs is 1. The van der Waals surface area contributed by atoms with Crippen molar-refractivity contribution in [2.24, 2.45) is 5.41 Å². The lowest BCUT2D eigenvalue weighted by molar-refractivity contribution is 0.142. The SMILES string of the molecule is OCC1(CNc2ccc3c(n2)CCC3)CCCC1. The highest BCUT2D eigenvalue weighted by atomic mass is 16.3. The van der Waals surface area contributed by atoms with Gasteiger partial charge >= 0.3 is 0 Å². The zero-order valence-corrected chi connectivity index (χ0v) is 10.9. The van der Waals surface area contributed by atoms with Crippen LogP contribution in [0, 0.1) is 5.41 Å². The Morgan fingerprint density at radius 1 is 1.17 bits per heavy atom. The van der Waals surface area contributed by atoms with Crippen molar-refractivity contribution in [1.82, 2.24) is 4.98 Å². The van der Waals surface area contributed by atoms with Gasteiger partial charge in [-0.05, 0) is 43.7 Å². The van der Waals surface area contributed by atoms with E-state index < -0.39 is 0 Å². The molecule has 0 radical (unpaired) electrons. The zero-order valence-electron chi connectivity index (χ0n) is 10.9. The Hall–Kier alpha value is -1.09. The van der Waals surface area contributed by atoms with E-state index in [0.29, 0.717) is 6.61 Å². The summed E-state index contributed by atoms with van der Waals surface area (Å²) in [5.74, 6) is 0.982. The average molecular weight is 246 g/mol. The summed E-state index contributed by atoms with van der Waals surface area (Å²) in [5.41, 5.74) is 2.78. The van der Waals surface area contributed by atoms with Crippen LogP contribution >= 0.6 is 0 Å². The van der Waals surface area contributed by atoms with Crippen LogP contribution in [0.5, 0.6) is 0 Å². The first-order valence-electron chi connectivity index (χ1n) is 7.15. The molecular weight excluding hydrogens is 224 g/mol. The highest BCUT2D eigenvalue weighted by Gasteiger charge is 2.33. The van der Waals surface area contributed by atoms with Gasteiger partial charge in [-0.3, -0.25) is 0 Å². The fraction of sp³-hybridized carbons (Fsp3) is 0.667. The van der Waals surface area contributed by atoms with Crippen LogP contribution in [0.2, 0.25) is 0 Å². The Bertz CT molecular complexity index is 425. The second-order valence-electron chi connectivity index (χ2n) is 5.87. The van der Waals surface area contributed by atoms with Gasteiger partial charge in [-0.1, -0.05) is 18.9 Å². The van der Waals surface area contributed by atoms with E-state index in [0.717, 1.165) is 31.6 Å². The van der Waals surface area contributed by atoms with Crippen molar-refractivity contribution in [3.05, 3.63) is 23.4 Å². The molecule has 1 saturated carbocycles. The number of pyridine rings is 1. The molecular formula is C15H22N2O. The molecule has 0 aromatic carbocycles. The first-order chi connectivity index (χ1) is 8.81. The molecule has 0 unspecified atom stereocenters. The van der Waals surface area contributed by atoms with Crippen LogP contribution < -0.4 is 5.32 Å². The van der Waals surface area contributed by atoms with Crippen molar-refractivity contribution < 1.29 is 5.11 Å². The van der Waals surface area contributed by atoms with Gasteiger partial charge in [0.05, 0.1) is 6.61 Å². The number of nitrogens with zero attached hydrogens (tertiary/aromatic N) is 1. The number of aliphatic hydroxyl groups is 1. The number of aryl methyl sites for hydroxylation is 2. The molecule has 3 nitrogen and oxygen atoms in total. The van der Waals surface area contributed by atoms with Crippen molar-refractivity contribution in [2.45, 2.75) is 44.9 Å². The summed E-state index contributed by atoms with van der Waals surface area (Å²) in [6, 6.07) is 4.29. The summed E-state index contributed by atoms with van der Waals surface area (Å²) in [4.78, 5) is 4.69. The van der Waals surface area contributed by atoms with E-state index in [1.54, 1.807) is 0 Å². The van der Waals surface area contributed by atoms with Crippen molar-refractivity contribution in [2.75, 3.05) is 18.5 Å². The normalized spacial score (nSPS) is 20.9. The molecule has 1 heterocycles. The summed E-state index contributed by atoms with van der Waals surface area (Å²) in [7, 11) is 0. The molecule has 18 heavy (non-hydrogen) atoms. The molecule has 3 heteroatoms. The average Bonchev–Trinajstić information content (AvgIpc) is 3.05. The van der Waals surface area contributed by atoms with E-state index >= 15 is 0 Å². The predicted octanol–water partition coefficient (Wildman–Crippen LogP) is 2.53. The molecule has 2 aliphatic carbocycles. The van der Waals surface area contributed by atoms with E-state index in [2.05, 4.69) is 22.4 Å². The minimum atomic E-state index is 0.0979. The highest BCUT2D eigenvalue weighted by Crippen LogP contribution is 2.37. The van der Waals surface area contributed by atoms with Crippen molar-refractivity contribution in [3.8, 4) is 0 Å². The van der Waals surface area contributed by atoms with Crippen LogP contribution in [0.15, 0.2) is 12.1 Å². The lowest BCUT2D eigenvalue weighted by Gasteiger charge is -2.26. The Labute approximate surface area is 109 Å². The molecule has 0 spiro atoms.